The van der Waals surface area contributed by atoms with Crippen molar-refractivity contribution in [1.29, 1.82) is 0 Å². The number of methoxy groups -OCH3 is 1. The number of hydrogen-bond donors (Lipinski definition) is 4. The summed E-state index contributed by atoms with van der Waals surface area (Å²) >= 11 is 0. The number of halogens is 2. The molecule has 0 spiro atoms. The van der Waals surface area contributed by atoms with Gasteiger partial charge in [0.15, 0.2) is 0 Å². The monoisotopic (exact) mass is 714 g/mol. The van der Waals surface area contributed by atoms with Crippen molar-refractivity contribution in [2.45, 2.75) is 88.4 Å². The van der Waals surface area contributed by atoms with Gasteiger partial charge in [0.25, 0.3) is 5.91 Å². The number of aliphatic hydroxyl groups is 1. The summed E-state index contributed by atoms with van der Waals surface area (Å²) in [6, 6.07) is 12.9. The van der Waals surface area contributed by atoms with Crippen LogP contribution in [0, 0.1) is 11.6 Å². The Morgan fingerprint density at radius 1 is 1.06 bits per heavy atom. The van der Waals surface area contributed by atoms with Crippen LogP contribution < -0.4 is 15.8 Å². The van der Waals surface area contributed by atoms with Crippen LogP contribution in [0.3, 0.4) is 0 Å². The molecule has 4 rings (SSSR count). The van der Waals surface area contributed by atoms with E-state index in [9.17, 15) is 31.9 Å². The first-order valence-corrected chi connectivity index (χ1v) is 18.2. The number of nitrogens with one attached hydrogen (secondary N) is 2. The fraction of sp³-hybridized carbons (Fsp3) is 0.459. The van der Waals surface area contributed by atoms with Gasteiger partial charge in [-0.2, -0.15) is 0 Å². The molecule has 1 heterocycles. The third-order valence-corrected chi connectivity index (χ3v) is 10.5. The quantitative estimate of drug-likeness (QED) is 0.182. The highest BCUT2D eigenvalue weighted by Gasteiger charge is 2.37. The highest BCUT2D eigenvalue weighted by molar-refractivity contribution is 7.89. The molecular weight excluding hydrogens is 666 g/mol. The molecule has 1 aliphatic heterocycles. The molecule has 3 aromatic carbocycles. The van der Waals surface area contributed by atoms with Crippen molar-refractivity contribution in [3.63, 3.8) is 0 Å². The SMILES string of the molecule is CCc1cccc(CNC[C@H](O)[C@@H](Cc2cc(F)cc(F)c2)c2c(C(N)=O)cc(C(=O)N3CCC[C@H]3COC)cc2S(=O)(=O)NC(C)(C)C)c1. The molecule has 10 nitrogen and oxygen atoms in total. The minimum absolute atomic E-state index is 0.0844. The molecule has 13 heteroatoms. The van der Waals surface area contributed by atoms with Crippen LogP contribution in [-0.2, 0) is 34.1 Å². The van der Waals surface area contributed by atoms with Gasteiger partial charge in [0, 0.05) is 55.4 Å². The van der Waals surface area contributed by atoms with Gasteiger partial charge in [-0.25, -0.2) is 21.9 Å². The van der Waals surface area contributed by atoms with E-state index in [0.717, 1.165) is 29.7 Å². The second kappa shape index (κ2) is 16.5. The summed E-state index contributed by atoms with van der Waals surface area (Å²) in [6.45, 7) is 7.88. The Morgan fingerprint density at radius 3 is 2.36 bits per heavy atom. The largest absolute Gasteiger partial charge is 0.391 e. The topological polar surface area (TPSA) is 151 Å². The van der Waals surface area contributed by atoms with Gasteiger partial charge < -0.3 is 25.8 Å². The summed E-state index contributed by atoms with van der Waals surface area (Å²) in [5, 5.41) is 15.0. The number of aryl methyl sites for hydroxylation is 1. The zero-order valence-electron chi connectivity index (χ0n) is 29.3. The molecule has 0 saturated carbocycles. The number of likely N-dealkylation sites (tertiary alicyclic amines) is 1. The number of aliphatic hydroxyl groups excluding tert-OH is 1. The lowest BCUT2D eigenvalue weighted by Gasteiger charge is -2.30. The Labute approximate surface area is 293 Å². The van der Waals surface area contributed by atoms with Crippen LogP contribution in [0.1, 0.15) is 89.4 Å². The first-order chi connectivity index (χ1) is 23.5. The van der Waals surface area contributed by atoms with Crippen molar-refractivity contribution >= 4 is 21.8 Å². The lowest BCUT2D eigenvalue weighted by atomic mass is 9.83. The molecule has 0 bridgehead atoms. The molecule has 1 fully saturated rings. The highest BCUT2D eigenvalue weighted by Crippen LogP contribution is 2.36. The van der Waals surface area contributed by atoms with Crippen molar-refractivity contribution < 1.29 is 36.6 Å². The molecule has 2 amide bonds. The number of carbonyl (C=O) groups is 2. The Balaban J connectivity index is 1.88. The molecule has 3 aromatic rings. The van der Waals surface area contributed by atoms with Crippen LogP contribution in [0.4, 0.5) is 8.78 Å². The summed E-state index contributed by atoms with van der Waals surface area (Å²) in [5.41, 5.74) is 6.57. The van der Waals surface area contributed by atoms with Crippen LogP contribution in [-0.4, -0.2) is 74.7 Å². The van der Waals surface area contributed by atoms with Crippen molar-refractivity contribution in [2.75, 3.05) is 26.8 Å². The van der Waals surface area contributed by atoms with E-state index in [2.05, 4.69) is 10.0 Å². The number of primary amides is 1. The zero-order chi connectivity index (χ0) is 36.8. The maximum absolute atomic E-state index is 14.4. The summed E-state index contributed by atoms with van der Waals surface area (Å²) in [7, 11) is -2.97. The predicted molar refractivity (Wildman–Crippen MR) is 187 cm³/mol. The van der Waals surface area contributed by atoms with Gasteiger partial charge in [-0.05, 0) is 93.0 Å². The van der Waals surface area contributed by atoms with Crippen LogP contribution in [0.15, 0.2) is 59.5 Å². The third-order valence-electron chi connectivity index (χ3n) is 8.68. The van der Waals surface area contributed by atoms with E-state index in [1.165, 1.54) is 19.2 Å². The average Bonchev–Trinajstić information content (AvgIpc) is 3.49. The standard InChI is InChI=1S/C37H48F2N4O6S/c1-6-23-9-7-10-24(13-23)20-41-21-32(44)30(16-25-14-27(38)19-28(39)15-25)34-31(35(40)45)17-26(18-33(34)50(47,48)42-37(2,3)4)36(46)43-12-8-11-29(43)22-49-5/h7,9-10,13-15,17-19,29-30,32,41-42,44H,6,8,11-12,16,20-22H2,1-5H3,(H2,40,45)/t29-,30+,32-/m0/s1. The molecule has 0 aromatic heterocycles. The maximum atomic E-state index is 14.4. The van der Waals surface area contributed by atoms with Crippen LogP contribution >= 0.6 is 0 Å². The first kappa shape index (κ1) is 39.0. The summed E-state index contributed by atoms with van der Waals surface area (Å²) in [4.78, 5) is 28.3. The number of benzene rings is 3. The minimum atomic E-state index is -4.50. The lowest BCUT2D eigenvalue weighted by molar-refractivity contribution is 0.0630. The van der Waals surface area contributed by atoms with Crippen molar-refractivity contribution in [1.82, 2.24) is 14.9 Å². The van der Waals surface area contributed by atoms with E-state index in [1.807, 2.05) is 31.2 Å². The van der Waals surface area contributed by atoms with Crippen LogP contribution in [0.2, 0.25) is 0 Å². The van der Waals surface area contributed by atoms with Crippen LogP contribution in [0.5, 0.6) is 0 Å². The number of nitrogens with two attached hydrogens (primary N) is 1. The van der Waals surface area contributed by atoms with Gasteiger partial charge in [-0.1, -0.05) is 31.2 Å². The molecule has 3 atom stereocenters. The smallest absolute Gasteiger partial charge is 0.254 e. The van der Waals surface area contributed by atoms with Crippen molar-refractivity contribution in [3.8, 4) is 0 Å². The van der Waals surface area contributed by atoms with E-state index >= 15 is 0 Å². The molecular formula is C37H48F2N4O6S. The normalized spacial score (nSPS) is 16.4. The van der Waals surface area contributed by atoms with E-state index < -0.39 is 55.9 Å². The summed E-state index contributed by atoms with van der Waals surface area (Å²) in [6.07, 6.45) is 0.582. The van der Waals surface area contributed by atoms with Crippen molar-refractivity contribution in [3.05, 3.63) is 99.6 Å². The maximum Gasteiger partial charge on any atom is 0.254 e. The Hall–Kier alpha value is -3.75. The number of nitrogens with zero attached hydrogens (tertiary/aromatic N) is 1. The third kappa shape index (κ3) is 9.94. The molecule has 0 radical (unpaired) electrons. The summed E-state index contributed by atoms with van der Waals surface area (Å²) < 4.78 is 65.2. The Kier molecular flexibility index (Phi) is 12.9. The van der Waals surface area contributed by atoms with Crippen LogP contribution in [0.25, 0.3) is 0 Å². The van der Waals surface area contributed by atoms with Gasteiger partial charge in [-0.3, -0.25) is 9.59 Å². The number of rotatable bonds is 15. The second-order valence-electron chi connectivity index (χ2n) is 13.9. The molecule has 1 saturated heterocycles. The number of carbonyl (C=O) groups excluding carboxylic acids is 2. The second-order valence-corrected chi connectivity index (χ2v) is 15.5. The molecule has 50 heavy (non-hydrogen) atoms. The molecule has 0 aliphatic carbocycles. The Morgan fingerprint density at radius 2 is 1.74 bits per heavy atom. The molecule has 5 N–H and O–H groups in total. The van der Waals surface area contributed by atoms with Gasteiger partial charge in [0.05, 0.1) is 23.6 Å². The first-order valence-electron chi connectivity index (χ1n) is 16.8. The van der Waals surface area contributed by atoms with E-state index in [1.54, 1.807) is 25.7 Å². The molecule has 1 aliphatic rings. The lowest BCUT2D eigenvalue weighted by Crippen LogP contribution is -2.42. The van der Waals surface area contributed by atoms with Gasteiger partial charge >= 0.3 is 0 Å². The number of amides is 2. The minimum Gasteiger partial charge on any atom is -0.391 e. The zero-order valence-corrected chi connectivity index (χ0v) is 30.1. The number of hydrogen-bond acceptors (Lipinski definition) is 7. The number of sulfonamides is 1. The summed E-state index contributed by atoms with van der Waals surface area (Å²) in [5.74, 6) is -4.50. The molecule has 272 valence electrons. The fourth-order valence-electron chi connectivity index (χ4n) is 6.53. The average molecular weight is 715 g/mol. The Bertz CT molecular complexity index is 1780. The highest BCUT2D eigenvalue weighted by atomic mass is 32.2. The van der Waals surface area contributed by atoms with E-state index in [-0.39, 0.29) is 47.9 Å². The van der Waals surface area contributed by atoms with E-state index in [0.29, 0.717) is 32.0 Å². The predicted octanol–water partition coefficient (Wildman–Crippen LogP) is 4.43. The van der Waals surface area contributed by atoms with Gasteiger partial charge in [-0.15, -0.1) is 0 Å². The fourth-order valence-corrected chi connectivity index (χ4v) is 8.28. The van der Waals surface area contributed by atoms with E-state index in [4.69, 9.17) is 10.5 Å². The van der Waals surface area contributed by atoms with Gasteiger partial charge in [0.1, 0.15) is 11.6 Å². The van der Waals surface area contributed by atoms with Gasteiger partial charge in [0.2, 0.25) is 15.9 Å². The molecule has 0 unspecified atom stereocenters. The van der Waals surface area contributed by atoms with Crippen molar-refractivity contribution in [2.24, 2.45) is 5.73 Å². The number of ether oxygens (including phenoxy) is 1.